The lowest BCUT2D eigenvalue weighted by Crippen LogP contribution is -1.98. The number of nitrogens with two attached hydrogens (primary N) is 1. The molecule has 0 spiro atoms. The fourth-order valence-corrected chi connectivity index (χ4v) is 1.25. The lowest BCUT2D eigenvalue weighted by Gasteiger charge is -2.07. The molecule has 3 nitrogen and oxygen atoms in total. The Hall–Kier alpha value is -2.03. The van der Waals surface area contributed by atoms with Crippen molar-refractivity contribution in [3.05, 3.63) is 54.4 Å². The van der Waals surface area contributed by atoms with Crippen LogP contribution in [0.15, 0.2) is 48.8 Å². The third-order valence-corrected chi connectivity index (χ3v) is 2.05. The minimum absolute atomic E-state index is 0.511. The molecule has 15 heavy (non-hydrogen) atoms. The monoisotopic (exact) mass is 200 g/mol. The summed E-state index contributed by atoms with van der Waals surface area (Å²) in [7, 11) is 0. The number of hydrogen-bond donors (Lipinski definition) is 1. The molecule has 0 saturated carbocycles. The number of benzene rings is 1. The Balaban J connectivity index is 2.03. The topological polar surface area (TPSA) is 48.1 Å². The van der Waals surface area contributed by atoms with E-state index >= 15 is 0 Å². The Morgan fingerprint density at radius 2 is 1.93 bits per heavy atom. The average Bonchev–Trinajstić information content (AvgIpc) is 2.29. The SMILES string of the molecule is Nc1ccncc1OCc1ccccc1. The van der Waals surface area contributed by atoms with Crippen molar-refractivity contribution in [1.82, 2.24) is 4.98 Å². The first kappa shape index (κ1) is 9.52. The summed E-state index contributed by atoms with van der Waals surface area (Å²) in [5, 5.41) is 0. The summed E-state index contributed by atoms with van der Waals surface area (Å²) < 4.78 is 5.54. The Bertz CT molecular complexity index is 429. The predicted molar refractivity (Wildman–Crippen MR) is 59.4 cm³/mol. The lowest BCUT2D eigenvalue weighted by molar-refractivity contribution is 0.307. The van der Waals surface area contributed by atoms with Crippen molar-refractivity contribution in [2.45, 2.75) is 6.61 Å². The van der Waals surface area contributed by atoms with Crippen molar-refractivity contribution in [2.24, 2.45) is 0 Å². The molecule has 0 bridgehead atoms. The Morgan fingerprint density at radius 3 is 2.67 bits per heavy atom. The van der Waals surface area contributed by atoms with E-state index in [0.717, 1.165) is 5.56 Å². The normalized spacial score (nSPS) is 9.87. The number of nitrogen functional groups attached to an aromatic ring is 1. The molecule has 0 aliphatic carbocycles. The van der Waals surface area contributed by atoms with Gasteiger partial charge >= 0.3 is 0 Å². The van der Waals surface area contributed by atoms with Crippen LogP contribution in [0.25, 0.3) is 0 Å². The summed E-state index contributed by atoms with van der Waals surface area (Å²) in [6.45, 7) is 0.511. The molecule has 2 aromatic rings. The molecule has 0 aliphatic rings. The largest absolute Gasteiger partial charge is 0.485 e. The third-order valence-electron chi connectivity index (χ3n) is 2.05. The number of rotatable bonds is 3. The molecule has 1 aromatic carbocycles. The van der Waals surface area contributed by atoms with E-state index in [4.69, 9.17) is 10.5 Å². The molecule has 0 atom stereocenters. The highest BCUT2D eigenvalue weighted by Gasteiger charge is 1.99. The quantitative estimate of drug-likeness (QED) is 0.826. The number of aromatic nitrogens is 1. The van der Waals surface area contributed by atoms with Crippen LogP contribution in [0.3, 0.4) is 0 Å². The van der Waals surface area contributed by atoms with Gasteiger partial charge in [-0.2, -0.15) is 0 Å². The molecule has 2 rings (SSSR count). The standard InChI is InChI=1S/C12H12N2O/c13-11-6-7-14-8-12(11)15-9-10-4-2-1-3-5-10/h1-8H,9H2,(H2,13,14). The van der Waals surface area contributed by atoms with Gasteiger partial charge in [-0.15, -0.1) is 0 Å². The number of hydrogen-bond acceptors (Lipinski definition) is 3. The zero-order valence-corrected chi connectivity index (χ0v) is 8.26. The van der Waals surface area contributed by atoms with Crippen LogP contribution in [-0.2, 0) is 6.61 Å². The second-order valence-corrected chi connectivity index (χ2v) is 3.19. The van der Waals surface area contributed by atoms with Crippen LogP contribution in [0.1, 0.15) is 5.56 Å². The maximum Gasteiger partial charge on any atom is 0.160 e. The molecule has 76 valence electrons. The number of anilines is 1. The van der Waals surface area contributed by atoms with E-state index in [1.807, 2.05) is 30.3 Å². The van der Waals surface area contributed by atoms with E-state index in [1.165, 1.54) is 0 Å². The number of pyridine rings is 1. The highest BCUT2D eigenvalue weighted by atomic mass is 16.5. The van der Waals surface area contributed by atoms with Gasteiger partial charge in [0.15, 0.2) is 5.75 Å². The smallest absolute Gasteiger partial charge is 0.160 e. The molecule has 1 heterocycles. The van der Waals surface area contributed by atoms with Gasteiger partial charge in [-0.3, -0.25) is 4.98 Å². The maximum absolute atomic E-state index is 5.72. The van der Waals surface area contributed by atoms with Gasteiger partial charge in [0.25, 0.3) is 0 Å². The molecule has 0 radical (unpaired) electrons. The van der Waals surface area contributed by atoms with Crippen LogP contribution in [0.2, 0.25) is 0 Å². The average molecular weight is 200 g/mol. The zero-order valence-electron chi connectivity index (χ0n) is 8.26. The van der Waals surface area contributed by atoms with Gasteiger partial charge in [0.05, 0.1) is 11.9 Å². The molecule has 3 heteroatoms. The van der Waals surface area contributed by atoms with Gasteiger partial charge in [0, 0.05) is 6.20 Å². The Labute approximate surface area is 88.5 Å². The van der Waals surface area contributed by atoms with Crippen LogP contribution in [-0.4, -0.2) is 4.98 Å². The van der Waals surface area contributed by atoms with Gasteiger partial charge < -0.3 is 10.5 Å². The van der Waals surface area contributed by atoms with E-state index in [9.17, 15) is 0 Å². The summed E-state index contributed by atoms with van der Waals surface area (Å²) in [5.41, 5.74) is 7.44. The highest BCUT2D eigenvalue weighted by molar-refractivity contribution is 5.49. The summed E-state index contributed by atoms with van der Waals surface area (Å²) >= 11 is 0. The van der Waals surface area contributed by atoms with Crippen molar-refractivity contribution in [1.29, 1.82) is 0 Å². The number of nitrogens with zero attached hydrogens (tertiary/aromatic N) is 1. The number of ether oxygens (including phenoxy) is 1. The van der Waals surface area contributed by atoms with Crippen molar-refractivity contribution in [3.63, 3.8) is 0 Å². The Morgan fingerprint density at radius 1 is 1.13 bits per heavy atom. The van der Waals surface area contributed by atoms with Crippen molar-refractivity contribution in [3.8, 4) is 5.75 Å². The molecule has 0 amide bonds. The maximum atomic E-state index is 5.72. The van der Waals surface area contributed by atoms with E-state index < -0.39 is 0 Å². The highest BCUT2D eigenvalue weighted by Crippen LogP contribution is 2.19. The van der Waals surface area contributed by atoms with Crippen molar-refractivity contribution >= 4 is 5.69 Å². The minimum Gasteiger partial charge on any atom is -0.485 e. The van der Waals surface area contributed by atoms with Crippen molar-refractivity contribution < 1.29 is 4.74 Å². The van der Waals surface area contributed by atoms with Gasteiger partial charge in [0.2, 0.25) is 0 Å². The van der Waals surface area contributed by atoms with E-state index in [0.29, 0.717) is 18.0 Å². The summed E-state index contributed by atoms with van der Waals surface area (Å²) in [4.78, 5) is 3.95. The third kappa shape index (κ3) is 2.47. The van der Waals surface area contributed by atoms with E-state index in [1.54, 1.807) is 18.5 Å². The van der Waals surface area contributed by atoms with Crippen LogP contribution >= 0.6 is 0 Å². The first-order chi connectivity index (χ1) is 7.36. The van der Waals surface area contributed by atoms with E-state index in [2.05, 4.69) is 4.98 Å². The van der Waals surface area contributed by atoms with Crippen molar-refractivity contribution in [2.75, 3.05) is 5.73 Å². The predicted octanol–water partition coefficient (Wildman–Crippen LogP) is 2.24. The molecule has 0 unspecified atom stereocenters. The fourth-order valence-electron chi connectivity index (χ4n) is 1.25. The Kier molecular flexibility index (Phi) is 2.83. The summed E-state index contributed by atoms with van der Waals surface area (Å²) in [5.74, 6) is 0.626. The zero-order chi connectivity index (χ0) is 10.5. The molecule has 0 aliphatic heterocycles. The molecular formula is C12H12N2O. The molecular weight excluding hydrogens is 188 g/mol. The van der Waals surface area contributed by atoms with E-state index in [-0.39, 0.29) is 0 Å². The minimum atomic E-state index is 0.511. The fraction of sp³-hybridized carbons (Fsp3) is 0.0833. The van der Waals surface area contributed by atoms with Crippen LogP contribution in [0.4, 0.5) is 5.69 Å². The van der Waals surface area contributed by atoms with Gasteiger partial charge in [0.1, 0.15) is 6.61 Å². The van der Waals surface area contributed by atoms with Crippen LogP contribution in [0, 0.1) is 0 Å². The second kappa shape index (κ2) is 4.46. The first-order valence-corrected chi connectivity index (χ1v) is 4.72. The molecule has 2 N–H and O–H groups in total. The molecule has 0 fully saturated rings. The van der Waals surface area contributed by atoms with Crippen LogP contribution in [0.5, 0.6) is 5.75 Å². The lowest BCUT2D eigenvalue weighted by atomic mass is 10.2. The van der Waals surface area contributed by atoms with Gasteiger partial charge in [-0.25, -0.2) is 0 Å². The van der Waals surface area contributed by atoms with Crippen LogP contribution < -0.4 is 10.5 Å². The molecule has 0 saturated heterocycles. The van der Waals surface area contributed by atoms with Gasteiger partial charge in [-0.05, 0) is 11.6 Å². The molecule has 1 aromatic heterocycles. The summed E-state index contributed by atoms with van der Waals surface area (Å²) in [6.07, 6.45) is 3.27. The second-order valence-electron chi connectivity index (χ2n) is 3.19. The van der Waals surface area contributed by atoms with Gasteiger partial charge in [-0.1, -0.05) is 30.3 Å². The summed E-state index contributed by atoms with van der Waals surface area (Å²) in [6, 6.07) is 11.7. The first-order valence-electron chi connectivity index (χ1n) is 4.72.